The molecule has 0 aliphatic rings. The number of aliphatic hydroxyl groups is 1. The zero-order valence-electron chi connectivity index (χ0n) is 6.72. The summed E-state index contributed by atoms with van der Waals surface area (Å²) in [6, 6.07) is -0.398. The summed E-state index contributed by atoms with van der Waals surface area (Å²) in [6.45, 7) is 3.39. The molecule has 0 aromatic rings. The molecule has 0 amide bonds. The molecule has 0 rings (SSSR count). The summed E-state index contributed by atoms with van der Waals surface area (Å²) in [6.07, 6.45) is -0.131. The maximum atomic E-state index is 11.0. The molecule has 2 N–H and O–H groups in total. The summed E-state index contributed by atoms with van der Waals surface area (Å²) in [5.74, 6) is 0.0532. The van der Waals surface area contributed by atoms with Gasteiger partial charge in [0.25, 0.3) is 0 Å². The molecule has 0 aromatic heterocycles. The van der Waals surface area contributed by atoms with Crippen molar-refractivity contribution in [1.82, 2.24) is 5.32 Å². The van der Waals surface area contributed by atoms with Crippen molar-refractivity contribution in [3.05, 3.63) is 0 Å². The molecule has 2 unspecified atom stereocenters. The highest BCUT2D eigenvalue weighted by Gasteiger charge is 2.18. The number of hydrogen-bond acceptors (Lipinski definition) is 3. The van der Waals surface area contributed by atoms with E-state index in [9.17, 15) is 4.79 Å². The molecule has 0 radical (unpaired) electrons. The second kappa shape index (κ2) is 4.41. The standard InChI is InChI=1S/C7H15NO2/c1-4-6(10)7(8-3)5(2)9/h5,7-9H,4H2,1-3H3. The number of hydrogen-bond donors (Lipinski definition) is 2. The highest BCUT2D eigenvalue weighted by atomic mass is 16.3. The Morgan fingerprint density at radius 2 is 2.20 bits per heavy atom. The average molecular weight is 145 g/mol. The fourth-order valence-electron chi connectivity index (χ4n) is 0.891. The molecule has 0 saturated heterocycles. The number of Topliss-reactive ketones (excluding diaryl/α,β-unsaturated/α-hetero) is 1. The van der Waals surface area contributed by atoms with Crippen molar-refractivity contribution < 1.29 is 9.90 Å². The average Bonchev–Trinajstić information content (AvgIpc) is 1.88. The Balaban J connectivity index is 3.93. The zero-order valence-corrected chi connectivity index (χ0v) is 6.72. The van der Waals surface area contributed by atoms with Gasteiger partial charge in [-0.05, 0) is 14.0 Å². The Hall–Kier alpha value is -0.410. The summed E-state index contributed by atoms with van der Waals surface area (Å²) in [5, 5.41) is 11.8. The molecule has 0 heterocycles. The molecule has 2 atom stereocenters. The van der Waals surface area contributed by atoms with Crippen molar-refractivity contribution in [1.29, 1.82) is 0 Å². The summed E-state index contributed by atoms with van der Waals surface area (Å²) < 4.78 is 0. The van der Waals surface area contributed by atoms with Crippen molar-refractivity contribution in [3.8, 4) is 0 Å². The predicted octanol–water partition coefficient (Wildman–Crippen LogP) is -0.0657. The Bertz CT molecular complexity index is 112. The van der Waals surface area contributed by atoms with Gasteiger partial charge in [-0.15, -0.1) is 0 Å². The third-order valence-corrected chi connectivity index (χ3v) is 1.49. The van der Waals surface area contributed by atoms with Crippen LogP contribution in [0.25, 0.3) is 0 Å². The Labute approximate surface area is 61.4 Å². The minimum Gasteiger partial charge on any atom is -0.391 e. The minimum atomic E-state index is -0.600. The number of aliphatic hydroxyl groups excluding tert-OH is 1. The Morgan fingerprint density at radius 1 is 1.70 bits per heavy atom. The van der Waals surface area contributed by atoms with E-state index in [1.165, 1.54) is 0 Å². The van der Waals surface area contributed by atoms with Crippen LogP contribution in [-0.4, -0.2) is 30.1 Å². The second-order valence-corrected chi connectivity index (χ2v) is 2.33. The van der Waals surface area contributed by atoms with Gasteiger partial charge in [-0.2, -0.15) is 0 Å². The Kier molecular flexibility index (Phi) is 4.23. The van der Waals surface area contributed by atoms with Crippen molar-refractivity contribution in [2.75, 3.05) is 7.05 Å². The third-order valence-electron chi connectivity index (χ3n) is 1.49. The van der Waals surface area contributed by atoms with Gasteiger partial charge in [0.2, 0.25) is 0 Å². The number of nitrogens with one attached hydrogen (secondary N) is 1. The van der Waals surface area contributed by atoms with Crippen molar-refractivity contribution in [2.24, 2.45) is 0 Å². The minimum absolute atomic E-state index is 0.0532. The highest BCUT2D eigenvalue weighted by molar-refractivity contribution is 5.84. The van der Waals surface area contributed by atoms with E-state index >= 15 is 0 Å². The number of carbonyl (C=O) groups excluding carboxylic acids is 1. The summed E-state index contributed by atoms with van der Waals surface area (Å²) in [4.78, 5) is 11.0. The SMILES string of the molecule is CCC(=O)C(NC)C(C)O. The molecule has 0 fully saturated rings. The van der Waals surface area contributed by atoms with Crippen LogP contribution in [0.4, 0.5) is 0 Å². The van der Waals surface area contributed by atoms with E-state index in [0.29, 0.717) is 6.42 Å². The van der Waals surface area contributed by atoms with Crippen LogP contribution in [0, 0.1) is 0 Å². The second-order valence-electron chi connectivity index (χ2n) is 2.33. The molecule has 0 aromatic carbocycles. The molecule has 3 heteroatoms. The fourth-order valence-corrected chi connectivity index (χ4v) is 0.891. The maximum absolute atomic E-state index is 11.0. The smallest absolute Gasteiger partial charge is 0.152 e. The molecule has 60 valence electrons. The van der Waals surface area contributed by atoms with Crippen LogP contribution in [0.1, 0.15) is 20.3 Å². The van der Waals surface area contributed by atoms with Gasteiger partial charge in [-0.3, -0.25) is 4.79 Å². The van der Waals surface area contributed by atoms with E-state index in [1.54, 1.807) is 20.9 Å². The van der Waals surface area contributed by atoms with Gasteiger partial charge in [-0.1, -0.05) is 6.92 Å². The molecular formula is C7H15NO2. The van der Waals surface area contributed by atoms with Gasteiger partial charge in [0.05, 0.1) is 12.1 Å². The monoisotopic (exact) mass is 145 g/mol. The first-order valence-electron chi connectivity index (χ1n) is 3.51. The number of rotatable bonds is 4. The lowest BCUT2D eigenvalue weighted by atomic mass is 10.1. The van der Waals surface area contributed by atoms with Crippen LogP contribution in [0.5, 0.6) is 0 Å². The summed E-state index contributed by atoms with van der Waals surface area (Å²) in [5.41, 5.74) is 0. The summed E-state index contributed by atoms with van der Waals surface area (Å²) >= 11 is 0. The number of carbonyl (C=O) groups is 1. The van der Waals surface area contributed by atoms with Crippen LogP contribution < -0.4 is 5.32 Å². The van der Waals surface area contributed by atoms with Gasteiger partial charge in [0.1, 0.15) is 0 Å². The van der Waals surface area contributed by atoms with Crippen molar-refractivity contribution in [2.45, 2.75) is 32.4 Å². The van der Waals surface area contributed by atoms with Gasteiger partial charge >= 0.3 is 0 Å². The molecule has 0 aliphatic heterocycles. The first-order chi connectivity index (χ1) is 4.63. The highest BCUT2D eigenvalue weighted by Crippen LogP contribution is 1.96. The van der Waals surface area contributed by atoms with E-state index in [0.717, 1.165) is 0 Å². The van der Waals surface area contributed by atoms with Crippen LogP contribution >= 0.6 is 0 Å². The maximum Gasteiger partial charge on any atom is 0.152 e. The van der Waals surface area contributed by atoms with Crippen LogP contribution in [-0.2, 0) is 4.79 Å². The zero-order chi connectivity index (χ0) is 8.15. The largest absolute Gasteiger partial charge is 0.391 e. The van der Waals surface area contributed by atoms with Crippen LogP contribution in [0.15, 0.2) is 0 Å². The quantitative estimate of drug-likeness (QED) is 0.582. The predicted molar refractivity (Wildman–Crippen MR) is 39.8 cm³/mol. The third kappa shape index (κ3) is 2.45. The first kappa shape index (κ1) is 9.59. The lowest BCUT2D eigenvalue weighted by molar-refractivity contribution is -0.122. The molecule has 0 aliphatic carbocycles. The molecule has 10 heavy (non-hydrogen) atoms. The summed E-state index contributed by atoms with van der Waals surface area (Å²) in [7, 11) is 1.67. The lowest BCUT2D eigenvalue weighted by Crippen LogP contribution is -2.42. The fraction of sp³-hybridized carbons (Fsp3) is 0.857. The molecule has 0 bridgehead atoms. The van der Waals surface area contributed by atoms with E-state index in [1.807, 2.05) is 0 Å². The number of likely N-dealkylation sites (N-methyl/N-ethyl adjacent to an activating group) is 1. The lowest BCUT2D eigenvalue weighted by Gasteiger charge is -2.16. The normalized spacial score (nSPS) is 16.4. The molecule has 3 nitrogen and oxygen atoms in total. The molecule has 0 saturated carbocycles. The van der Waals surface area contributed by atoms with E-state index in [4.69, 9.17) is 5.11 Å². The number of ketones is 1. The van der Waals surface area contributed by atoms with Gasteiger partial charge < -0.3 is 10.4 Å². The molecular weight excluding hydrogens is 130 g/mol. The first-order valence-corrected chi connectivity index (χ1v) is 3.51. The van der Waals surface area contributed by atoms with Crippen LogP contribution in [0.3, 0.4) is 0 Å². The van der Waals surface area contributed by atoms with Crippen LogP contribution in [0.2, 0.25) is 0 Å². The van der Waals surface area contributed by atoms with E-state index < -0.39 is 12.1 Å². The van der Waals surface area contributed by atoms with Gasteiger partial charge in [0, 0.05) is 6.42 Å². The van der Waals surface area contributed by atoms with E-state index in [2.05, 4.69) is 5.32 Å². The Morgan fingerprint density at radius 3 is 2.30 bits per heavy atom. The van der Waals surface area contributed by atoms with Gasteiger partial charge in [-0.25, -0.2) is 0 Å². The van der Waals surface area contributed by atoms with Gasteiger partial charge in [0.15, 0.2) is 5.78 Å². The van der Waals surface area contributed by atoms with Crippen molar-refractivity contribution in [3.63, 3.8) is 0 Å². The topological polar surface area (TPSA) is 49.3 Å². The molecule has 0 spiro atoms. The van der Waals surface area contributed by atoms with Crippen molar-refractivity contribution >= 4 is 5.78 Å². The van der Waals surface area contributed by atoms with E-state index in [-0.39, 0.29) is 5.78 Å².